The molecule has 0 saturated carbocycles. The monoisotopic (exact) mass is 327 g/mol. The fraction of sp³-hybridized carbons (Fsp3) is 0.125. The van der Waals surface area contributed by atoms with Crippen LogP contribution in [0.2, 0.25) is 5.15 Å². The van der Waals surface area contributed by atoms with E-state index in [0.717, 1.165) is 11.1 Å². The lowest BCUT2D eigenvalue weighted by Gasteiger charge is -2.15. The van der Waals surface area contributed by atoms with Crippen LogP contribution in [0, 0.1) is 5.82 Å². The van der Waals surface area contributed by atoms with Crippen LogP contribution < -0.4 is 4.90 Å². The largest absolute Gasteiger partial charge is 0.332 e. The van der Waals surface area contributed by atoms with Crippen molar-refractivity contribution in [2.75, 3.05) is 4.90 Å². The maximum Gasteiger partial charge on any atom is 0.226 e. The molecule has 0 N–H and O–H groups in total. The third-order valence-electron chi connectivity index (χ3n) is 3.67. The molecule has 0 bridgehead atoms. The number of hydrogen-bond donors (Lipinski definition) is 0. The summed E-state index contributed by atoms with van der Waals surface area (Å²) >= 11 is 5.90. The minimum Gasteiger partial charge on any atom is -0.332 e. The molecule has 0 saturated heterocycles. The molecule has 0 atom stereocenters. The van der Waals surface area contributed by atoms with E-state index < -0.39 is 0 Å². The van der Waals surface area contributed by atoms with Crippen LogP contribution in [0.15, 0.2) is 42.7 Å². The summed E-state index contributed by atoms with van der Waals surface area (Å²) in [5.41, 5.74) is 2.64. The van der Waals surface area contributed by atoms with Crippen molar-refractivity contribution in [2.24, 2.45) is 0 Å². The van der Waals surface area contributed by atoms with E-state index >= 15 is 0 Å². The van der Waals surface area contributed by atoms with Gasteiger partial charge in [-0.15, -0.1) is 0 Å². The van der Waals surface area contributed by atoms with Crippen LogP contribution >= 0.6 is 11.6 Å². The lowest BCUT2D eigenvalue weighted by atomic mass is 10.1. The first kappa shape index (κ1) is 14.0. The van der Waals surface area contributed by atoms with Gasteiger partial charge in [0.2, 0.25) is 5.95 Å². The Morgan fingerprint density at radius 1 is 0.957 bits per heavy atom. The summed E-state index contributed by atoms with van der Waals surface area (Å²) in [5.74, 6) is 0.777. The molecule has 0 unspecified atom stereocenters. The topological polar surface area (TPSA) is 54.8 Å². The van der Waals surface area contributed by atoms with Crippen molar-refractivity contribution in [3.05, 3.63) is 64.8 Å². The van der Waals surface area contributed by atoms with Crippen LogP contribution in [0.3, 0.4) is 0 Å². The molecule has 4 rings (SSSR count). The third kappa shape index (κ3) is 2.73. The highest BCUT2D eigenvalue weighted by molar-refractivity contribution is 6.29. The minimum absolute atomic E-state index is 0.229. The molecule has 114 valence electrons. The van der Waals surface area contributed by atoms with E-state index in [-0.39, 0.29) is 5.82 Å². The maximum absolute atomic E-state index is 13.3. The molecule has 23 heavy (non-hydrogen) atoms. The number of rotatable bonds is 2. The van der Waals surface area contributed by atoms with Gasteiger partial charge in [-0.1, -0.05) is 17.7 Å². The molecular formula is C16H11ClFN5. The van der Waals surface area contributed by atoms with Gasteiger partial charge in [0.05, 0.1) is 0 Å². The average molecular weight is 328 g/mol. The van der Waals surface area contributed by atoms with E-state index in [2.05, 4.69) is 19.9 Å². The Balaban J connectivity index is 1.65. The molecule has 1 aliphatic rings. The van der Waals surface area contributed by atoms with Crippen molar-refractivity contribution < 1.29 is 4.39 Å². The van der Waals surface area contributed by atoms with Gasteiger partial charge in [0.15, 0.2) is 5.82 Å². The van der Waals surface area contributed by atoms with Crippen molar-refractivity contribution in [1.82, 2.24) is 19.9 Å². The molecule has 1 aliphatic heterocycles. The Kier molecular flexibility index (Phi) is 3.38. The van der Waals surface area contributed by atoms with Crippen LogP contribution in [-0.2, 0) is 13.1 Å². The van der Waals surface area contributed by atoms with Crippen LogP contribution in [-0.4, -0.2) is 19.9 Å². The summed E-state index contributed by atoms with van der Waals surface area (Å²) in [6, 6.07) is 8.17. The second-order valence-electron chi connectivity index (χ2n) is 5.21. The van der Waals surface area contributed by atoms with Gasteiger partial charge < -0.3 is 4.90 Å². The molecule has 1 aromatic carbocycles. The van der Waals surface area contributed by atoms with Gasteiger partial charge in [-0.3, -0.25) is 0 Å². The summed E-state index contributed by atoms with van der Waals surface area (Å²) in [4.78, 5) is 19.1. The highest BCUT2D eigenvalue weighted by Crippen LogP contribution is 2.27. The van der Waals surface area contributed by atoms with Gasteiger partial charge in [-0.25, -0.2) is 24.3 Å². The predicted octanol–water partition coefficient (Wildman–Crippen LogP) is 3.25. The smallest absolute Gasteiger partial charge is 0.226 e. The molecule has 3 heterocycles. The molecule has 0 amide bonds. The SMILES string of the molecule is Fc1ccc2c(c1)CN(c1nccc(-c3nccc(Cl)n3)n1)C2. The second-order valence-corrected chi connectivity index (χ2v) is 5.60. The number of halogens is 2. The summed E-state index contributed by atoms with van der Waals surface area (Å²) in [6.07, 6.45) is 3.24. The molecule has 7 heteroatoms. The van der Waals surface area contributed by atoms with Crippen LogP contribution in [0.4, 0.5) is 10.3 Å². The van der Waals surface area contributed by atoms with Crippen LogP contribution in [0.25, 0.3) is 11.5 Å². The Morgan fingerprint density at radius 2 is 1.78 bits per heavy atom. The van der Waals surface area contributed by atoms with Crippen molar-refractivity contribution in [3.63, 3.8) is 0 Å². The van der Waals surface area contributed by atoms with Gasteiger partial charge in [0.25, 0.3) is 0 Å². The van der Waals surface area contributed by atoms with Gasteiger partial charge >= 0.3 is 0 Å². The zero-order chi connectivity index (χ0) is 15.8. The predicted molar refractivity (Wildman–Crippen MR) is 84.4 cm³/mol. The van der Waals surface area contributed by atoms with Crippen LogP contribution in [0.5, 0.6) is 0 Å². The summed E-state index contributed by atoms with van der Waals surface area (Å²) in [5, 5.41) is 0.360. The molecule has 0 spiro atoms. The number of hydrogen-bond acceptors (Lipinski definition) is 5. The molecule has 0 radical (unpaired) electrons. The summed E-state index contributed by atoms with van der Waals surface area (Å²) in [7, 11) is 0. The van der Waals surface area contributed by atoms with Gasteiger partial charge in [-0.05, 0) is 35.4 Å². The second kappa shape index (κ2) is 5.55. The van der Waals surface area contributed by atoms with Gasteiger partial charge in [0, 0.05) is 25.5 Å². The Bertz CT molecular complexity index is 886. The Hall–Kier alpha value is -2.60. The number of benzene rings is 1. The first-order valence-corrected chi connectivity index (χ1v) is 7.41. The fourth-order valence-electron chi connectivity index (χ4n) is 2.59. The summed E-state index contributed by atoms with van der Waals surface area (Å²) in [6.45, 7) is 1.22. The quantitative estimate of drug-likeness (QED) is 0.676. The molecule has 2 aromatic heterocycles. The van der Waals surface area contributed by atoms with Gasteiger partial charge in [-0.2, -0.15) is 0 Å². The molecular weight excluding hydrogens is 317 g/mol. The number of anilines is 1. The van der Waals surface area contributed by atoms with E-state index in [4.69, 9.17) is 11.6 Å². The normalized spacial score (nSPS) is 13.2. The van der Waals surface area contributed by atoms with Gasteiger partial charge in [0.1, 0.15) is 16.7 Å². The third-order valence-corrected chi connectivity index (χ3v) is 3.88. The highest BCUT2D eigenvalue weighted by atomic mass is 35.5. The average Bonchev–Trinajstić information content (AvgIpc) is 2.98. The van der Waals surface area contributed by atoms with Crippen molar-refractivity contribution in [3.8, 4) is 11.5 Å². The molecule has 5 nitrogen and oxygen atoms in total. The molecule has 3 aromatic rings. The van der Waals surface area contributed by atoms with Crippen molar-refractivity contribution in [1.29, 1.82) is 0 Å². The first-order valence-electron chi connectivity index (χ1n) is 7.03. The molecule has 0 aliphatic carbocycles. The minimum atomic E-state index is -0.229. The lowest BCUT2D eigenvalue weighted by molar-refractivity contribution is 0.626. The van der Waals surface area contributed by atoms with E-state index in [9.17, 15) is 4.39 Å². The first-order chi connectivity index (χ1) is 11.2. The Morgan fingerprint density at radius 3 is 2.65 bits per heavy atom. The highest BCUT2D eigenvalue weighted by Gasteiger charge is 2.22. The number of nitrogens with zero attached hydrogens (tertiary/aromatic N) is 5. The zero-order valence-corrected chi connectivity index (χ0v) is 12.7. The number of aromatic nitrogens is 4. The van der Waals surface area contributed by atoms with E-state index in [0.29, 0.717) is 35.7 Å². The van der Waals surface area contributed by atoms with E-state index in [1.165, 1.54) is 6.07 Å². The van der Waals surface area contributed by atoms with E-state index in [1.54, 1.807) is 36.7 Å². The molecule has 0 fully saturated rings. The standard InChI is InChI=1S/C16H11ClFN5/c17-14-4-6-19-15(22-14)13-3-5-20-16(21-13)23-8-10-1-2-12(18)7-11(10)9-23/h1-7H,8-9H2. The van der Waals surface area contributed by atoms with Crippen LogP contribution in [0.1, 0.15) is 11.1 Å². The van der Waals surface area contributed by atoms with E-state index in [1.807, 2.05) is 4.90 Å². The lowest BCUT2D eigenvalue weighted by Crippen LogP contribution is -2.17. The van der Waals surface area contributed by atoms with Crippen molar-refractivity contribution in [2.45, 2.75) is 13.1 Å². The van der Waals surface area contributed by atoms with Crippen molar-refractivity contribution >= 4 is 17.5 Å². The fourth-order valence-corrected chi connectivity index (χ4v) is 2.73. The summed E-state index contributed by atoms with van der Waals surface area (Å²) < 4.78 is 13.3. The Labute approximate surface area is 136 Å². The number of fused-ring (bicyclic) bond motifs is 1. The zero-order valence-electron chi connectivity index (χ0n) is 11.9. The maximum atomic E-state index is 13.3.